The van der Waals surface area contributed by atoms with E-state index in [0.29, 0.717) is 6.61 Å². The molecule has 3 nitrogen and oxygen atoms in total. The Labute approximate surface area is 127 Å². The van der Waals surface area contributed by atoms with E-state index in [0.717, 1.165) is 24.9 Å². The smallest absolute Gasteiger partial charge is 0.128 e. The standard InChI is InChI=1S/C18H26N2O/c1-2-21-18-10-6-9-17-16(18)11-13-20(17)14-12-19-15-7-4-3-5-8-15/h6,9-11,13,15,19H,2-5,7-8,12,14H2,1H3. The zero-order valence-corrected chi connectivity index (χ0v) is 13.0. The van der Waals surface area contributed by atoms with Crippen LogP contribution >= 0.6 is 0 Å². The summed E-state index contributed by atoms with van der Waals surface area (Å²) in [6.45, 7) is 4.82. The van der Waals surface area contributed by atoms with Crippen LogP contribution in [0.1, 0.15) is 39.0 Å². The molecule has 1 fully saturated rings. The molecular weight excluding hydrogens is 260 g/mol. The fourth-order valence-electron chi connectivity index (χ4n) is 3.37. The van der Waals surface area contributed by atoms with Crippen LogP contribution in [0.15, 0.2) is 30.5 Å². The summed E-state index contributed by atoms with van der Waals surface area (Å²) in [7, 11) is 0. The van der Waals surface area contributed by atoms with E-state index >= 15 is 0 Å². The predicted molar refractivity (Wildman–Crippen MR) is 88.0 cm³/mol. The molecule has 1 heterocycles. The van der Waals surface area contributed by atoms with Crippen molar-refractivity contribution in [1.82, 2.24) is 9.88 Å². The average molecular weight is 286 g/mol. The van der Waals surface area contributed by atoms with Gasteiger partial charge in [-0.25, -0.2) is 0 Å². The minimum Gasteiger partial charge on any atom is -0.493 e. The third-order valence-corrected chi connectivity index (χ3v) is 4.46. The number of ether oxygens (including phenoxy) is 1. The van der Waals surface area contributed by atoms with Crippen LogP contribution in [0.25, 0.3) is 10.9 Å². The zero-order chi connectivity index (χ0) is 14.5. The lowest BCUT2D eigenvalue weighted by atomic mass is 9.95. The van der Waals surface area contributed by atoms with Crippen LogP contribution in [-0.4, -0.2) is 23.8 Å². The number of hydrogen-bond donors (Lipinski definition) is 1. The predicted octanol–water partition coefficient (Wildman–Crippen LogP) is 3.96. The first kappa shape index (κ1) is 14.5. The SMILES string of the molecule is CCOc1cccc2c1ccn2CCNC1CCCCC1. The fraction of sp³-hybridized carbons (Fsp3) is 0.556. The van der Waals surface area contributed by atoms with Gasteiger partial charge in [0, 0.05) is 30.7 Å². The molecule has 0 saturated heterocycles. The number of nitrogens with one attached hydrogen (secondary N) is 1. The van der Waals surface area contributed by atoms with E-state index in [2.05, 4.69) is 40.3 Å². The first-order valence-corrected chi connectivity index (χ1v) is 8.32. The average Bonchev–Trinajstić information content (AvgIpc) is 2.93. The number of aromatic nitrogens is 1. The van der Waals surface area contributed by atoms with Gasteiger partial charge in [-0.1, -0.05) is 25.3 Å². The quantitative estimate of drug-likeness (QED) is 0.870. The van der Waals surface area contributed by atoms with E-state index in [1.165, 1.54) is 43.0 Å². The molecule has 0 aliphatic heterocycles. The molecular formula is C18H26N2O. The van der Waals surface area contributed by atoms with E-state index < -0.39 is 0 Å². The van der Waals surface area contributed by atoms with Gasteiger partial charge in [0.1, 0.15) is 5.75 Å². The Morgan fingerprint density at radius 1 is 1.19 bits per heavy atom. The molecule has 3 heteroatoms. The van der Waals surface area contributed by atoms with Gasteiger partial charge in [-0.2, -0.15) is 0 Å². The minimum atomic E-state index is 0.716. The Balaban J connectivity index is 1.63. The van der Waals surface area contributed by atoms with Gasteiger partial charge in [0.25, 0.3) is 0 Å². The second-order valence-electron chi connectivity index (χ2n) is 5.92. The molecule has 21 heavy (non-hydrogen) atoms. The fourth-order valence-corrected chi connectivity index (χ4v) is 3.37. The number of rotatable bonds is 6. The lowest BCUT2D eigenvalue weighted by Crippen LogP contribution is -2.33. The van der Waals surface area contributed by atoms with Crippen LogP contribution in [0.5, 0.6) is 5.75 Å². The van der Waals surface area contributed by atoms with Crippen molar-refractivity contribution in [2.45, 2.75) is 51.6 Å². The number of benzene rings is 1. The maximum absolute atomic E-state index is 5.70. The van der Waals surface area contributed by atoms with Crippen molar-refractivity contribution in [3.05, 3.63) is 30.5 Å². The summed E-state index contributed by atoms with van der Waals surface area (Å²) in [5.74, 6) is 0.994. The molecule has 0 bridgehead atoms. The Kier molecular flexibility index (Phi) is 4.81. The van der Waals surface area contributed by atoms with Gasteiger partial charge in [-0.3, -0.25) is 0 Å². The van der Waals surface area contributed by atoms with Crippen LogP contribution in [-0.2, 0) is 6.54 Å². The van der Waals surface area contributed by atoms with Crippen LogP contribution in [0.2, 0.25) is 0 Å². The number of nitrogens with zero attached hydrogens (tertiary/aromatic N) is 1. The van der Waals surface area contributed by atoms with Gasteiger partial charge in [0.15, 0.2) is 0 Å². The van der Waals surface area contributed by atoms with Crippen LogP contribution in [0, 0.1) is 0 Å². The maximum Gasteiger partial charge on any atom is 0.128 e. The van der Waals surface area contributed by atoms with Crippen molar-refractivity contribution in [3.8, 4) is 5.75 Å². The summed E-state index contributed by atoms with van der Waals surface area (Å²) < 4.78 is 8.03. The van der Waals surface area contributed by atoms with E-state index in [4.69, 9.17) is 4.74 Å². The second-order valence-corrected chi connectivity index (χ2v) is 5.92. The van der Waals surface area contributed by atoms with Gasteiger partial charge in [-0.05, 0) is 38.0 Å². The van der Waals surface area contributed by atoms with E-state index in [-0.39, 0.29) is 0 Å². The van der Waals surface area contributed by atoms with Crippen molar-refractivity contribution in [2.75, 3.05) is 13.2 Å². The van der Waals surface area contributed by atoms with Gasteiger partial charge in [-0.15, -0.1) is 0 Å². The summed E-state index contributed by atoms with van der Waals surface area (Å²) in [5, 5.41) is 4.93. The van der Waals surface area contributed by atoms with Gasteiger partial charge in [0.2, 0.25) is 0 Å². The molecule has 1 N–H and O–H groups in total. The third kappa shape index (κ3) is 3.41. The summed E-state index contributed by atoms with van der Waals surface area (Å²) in [6, 6.07) is 9.22. The Morgan fingerprint density at radius 3 is 2.86 bits per heavy atom. The first-order valence-electron chi connectivity index (χ1n) is 8.32. The lowest BCUT2D eigenvalue weighted by Gasteiger charge is -2.23. The molecule has 1 saturated carbocycles. The van der Waals surface area contributed by atoms with E-state index in [1.54, 1.807) is 0 Å². The first-order chi connectivity index (χ1) is 10.4. The topological polar surface area (TPSA) is 26.2 Å². The molecule has 114 valence electrons. The van der Waals surface area contributed by atoms with E-state index in [1.807, 2.05) is 6.92 Å². The monoisotopic (exact) mass is 286 g/mol. The molecule has 0 amide bonds. The molecule has 2 aromatic rings. The Morgan fingerprint density at radius 2 is 2.05 bits per heavy atom. The second kappa shape index (κ2) is 6.99. The van der Waals surface area contributed by atoms with Crippen molar-refractivity contribution in [3.63, 3.8) is 0 Å². The summed E-state index contributed by atoms with van der Waals surface area (Å²) >= 11 is 0. The van der Waals surface area contributed by atoms with Crippen LogP contribution in [0.3, 0.4) is 0 Å². The highest BCUT2D eigenvalue weighted by Crippen LogP contribution is 2.26. The molecule has 3 rings (SSSR count). The van der Waals surface area contributed by atoms with Crippen molar-refractivity contribution in [2.24, 2.45) is 0 Å². The van der Waals surface area contributed by atoms with Crippen LogP contribution in [0.4, 0.5) is 0 Å². The molecule has 0 spiro atoms. The van der Waals surface area contributed by atoms with Crippen LogP contribution < -0.4 is 10.1 Å². The molecule has 0 unspecified atom stereocenters. The minimum absolute atomic E-state index is 0.716. The van der Waals surface area contributed by atoms with Gasteiger partial charge < -0.3 is 14.6 Å². The molecule has 1 aliphatic rings. The lowest BCUT2D eigenvalue weighted by molar-refractivity contribution is 0.344. The summed E-state index contributed by atoms with van der Waals surface area (Å²) in [4.78, 5) is 0. The molecule has 0 atom stereocenters. The van der Waals surface area contributed by atoms with Gasteiger partial charge in [0.05, 0.1) is 12.1 Å². The maximum atomic E-state index is 5.70. The highest BCUT2D eigenvalue weighted by molar-refractivity contribution is 5.86. The van der Waals surface area contributed by atoms with Gasteiger partial charge >= 0.3 is 0 Å². The molecule has 1 aromatic carbocycles. The third-order valence-electron chi connectivity index (χ3n) is 4.46. The Hall–Kier alpha value is -1.48. The largest absolute Gasteiger partial charge is 0.493 e. The molecule has 1 aliphatic carbocycles. The normalized spacial score (nSPS) is 16.4. The Bertz CT molecular complexity index is 570. The van der Waals surface area contributed by atoms with Crippen molar-refractivity contribution < 1.29 is 4.74 Å². The van der Waals surface area contributed by atoms with Crippen molar-refractivity contribution in [1.29, 1.82) is 0 Å². The number of fused-ring (bicyclic) bond motifs is 1. The van der Waals surface area contributed by atoms with Crippen molar-refractivity contribution >= 4 is 10.9 Å². The summed E-state index contributed by atoms with van der Waals surface area (Å²) in [5.41, 5.74) is 1.27. The molecule has 0 radical (unpaired) electrons. The zero-order valence-electron chi connectivity index (χ0n) is 13.0. The highest BCUT2D eigenvalue weighted by atomic mass is 16.5. The molecule has 1 aromatic heterocycles. The highest BCUT2D eigenvalue weighted by Gasteiger charge is 2.12. The number of hydrogen-bond acceptors (Lipinski definition) is 2. The summed E-state index contributed by atoms with van der Waals surface area (Å²) in [6.07, 6.45) is 9.07. The van der Waals surface area contributed by atoms with E-state index in [9.17, 15) is 0 Å².